The third kappa shape index (κ3) is 4.13. The molecule has 0 amide bonds. The number of H-pyrrole nitrogens is 2. The molecule has 30 heavy (non-hydrogen) atoms. The molecule has 4 aromatic heterocycles. The van der Waals surface area contributed by atoms with Crippen LogP contribution in [0.4, 0.5) is 0 Å². The highest BCUT2D eigenvalue weighted by molar-refractivity contribution is 7.25. The summed E-state index contributed by atoms with van der Waals surface area (Å²) in [6, 6.07) is 9.13. The Labute approximate surface area is 184 Å². The minimum absolute atomic E-state index is 0.368. The molecule has 1 atom stereocenters. The molecule has 1 aliphatic heterocycles. The van der Waals surface area contributed by atoms with Gasteiger partial charge >= 0.3 is 0 Å². The van der Waals surface area contributed by atoms with Crippen molar-refractivity contribution in [1.29, 1.82) is 0 Å². The molecule has 8 heteroatoms. The van der Waals surface area contributed by atoms with Crippen LogP contribution >= 0.6 is 22.7 Å². The van der Waals surface area contributed by atoms with E-state index in [4.69, 9.17) is 5.73 Å². The number of aromatic amines is 2. The van der Waals surface area contributed by atoms with Crippen molar-refractivity contribution in [3.8, 4) is 30.9 Å². The summed E-state index contributed by atoms with van der Waals surface area (Å²) in [5.74, 6) is 2.09. The van der Waals surface area contributed by atoms with E-state index in [1.165, 1.54) is 25.9 Å². The van der Waals surface area contributed by atoms with E-state index in [0.29, 0.717) is 6.04 Å². The Morgan fingerprint density at radius 1 is 0.900 bits per heavy atom. The number of hydrogen-bond donors (Lipinski definition) is 4. The van der Waals surface area contributed by atoms with Gasteiger partial charge in [-0.2, -0.15) is 0 Å². The van der Waals surface area contributed by atoms with Crippen molar-refractivity contribution in [3.63, 3.8) is 0 Å². The first-order valence-electron chi connectivity index (χ1n) is 10.5. The smallest absolute Gasteiger partial charge is 0.123 e. The number of imidazole rings is 2. The number of nitrogens with two attached hydrogens (primary N) is 1. The predicted octanol–water partition coefficient (Wildman–Crippen LogP) is 4.96. The largest absolute Gasteiger partial charge is 0.341 e. The van der Waals surface area contributed by atoms with Crippen LogP contribution in [0.15, 0.2) is 36.7 Å². The van der Waals surface area contributed by atoms with Crippen LogP contribution in [-0.2, 0) is 6.42 Å². The number of thiophene rings is 2. The van der Waals surface area contributed by atoms with Gasteiger partial charge in [-0.3, -0.25) is 0 Å². The number of aryl methyl sites for hydroxylation is 1. The number of aromatic nitrogens is 4. The third-order valence-electron chi connectivity index (χ3n) is 5.47. The van der Waals surface area contributed by atoms with Gasteiger partial charge in [0.15, 0.2) is 0 Å². The molecule has 5 N–H and O–H groups in total. The second kappa shape index (κ2) is 8.85. The fraction of sp³-hybridized carbons (Fsp3) is 0.364. The van der Waals surface area contributed by atoms with Crippen LogP contribution in [0.25, 0.3) is 30.9 Å². The minimum Gasteiger partial charge on any atom is -0.341 e. The van der Waals surface area contributed by atoms with Gasteiger partial charge in [-0.05, 0) is 63.0 Å². The van der Waals surface area contributed by atoms with Gasteiger partial charge in [0.05, 0.1) is 39.6 Å². The van der Waals surface area contributed by atoms with Gasteiger partial charge < -0.3 is 21.0 Å². The normalized spacial score (nSPS) is 16.5. The van der Waals surface area contributed by atoms with E-state index < -0.39 is 0 Å². The average molecular weight is 439 g/mol. The zero-order valence-electron chi connectivity index (χ0n) is 16.8. The summed E-state index contributed by atoms with van der Waals surface area (Å²) in [4.78, 5) is 21.1. The van der Waals surface area contributed by atoms with Crippen molar-refractivity contribution in [2.75, 3.05) is 13.1 Å². The summed E-state index contributed by atoms with van der Waals surface area (Å²) in [6.45, 7) is 1.82. The van der Waals surface area contributed by atoms with Crippen LogP contribution in [0.5, 0.6) is 0 Å². The Bertz CT molecular complexity index is 1100. The van der Waals surface area contributed by atoms with Crippen molar-refractivity contribution >= 4 is 22.7 Å². The van der Waals surface area contributed by atoms with Crippen molar-refractivity contribution in [3.05, 3.63) is 48.3 Å². The van der Waals surface area contributed by atoms with E-state index in [0.717, 1.165) is 61.8 Å². The first kappa shape index (κ1) is 19.7. The van der Waals surface area contributed by atoms with Gasteiger partial charge in [-0.1, -0.05) is 0 Å². The molecule has 0 bridgehead atoms. The number of unbranched alkanes of at least 4 members (excludes halogenated alkanes) is 1. The first-order chi connectivity index (χ1) is 14.8. The molecule has 0 spiro atoms. The quantitative estimate of drug-likeness (QED) is 0.292. The van der Waals surface area contributed by atoms with Crippen molar-refractivity contribution in [1.82, 2.24) is 25.3 Å². The van der Waals surface area contributed by atoms with Gasteiger partial charge in [0.1, 0.15) is 11.6 Å². The van der Waals surface area contributed by atoms with Gasteiger partial charge in [-0.25, -0.2) is 9.97 Å². The Balaban J connectivity index is 1.30. The molecule has 1 aliphatic rings. The molecular weight excluding hydrogens is 412 g/mol. The van der Waals surface area contributed by atoms with Crippen molar-refractivity contribution in [2.24, 2.45) is 5.73 Å². The molecule has 0 radical (unpaired) electrons. The van der Waals surface area contributed by atoms with E-state index in [-0.39, 0.29) is 0 Å². The van der Waals surface area contributed by atoms with Crippen molar-refractivity contribution in [2.45, 2.75) is 38.1 Å². The lowest BCUT2D eigenvalue weighted by Gasteiger charge is -2.04. The summed E-state index contributed by atoms with van der Waals surface area (Å²) < 4.78 is 0. The maximum absolute atomic E-state index is 5.58. The molecule has 5 heterocycles. The summed E-state index contributed by atoms with van der Waals surface area (Å²) in [7, 11) is 0. The van der Waals surface area contributed by atoms with E-state index in [2.05, 4.69) is 49.5 Å². The van der Waals surface area contributed by atoms with Crippen LogP contribution in [0.1, 0.15) is 43.4 Å². The Morgan fingerprint density at radius 2 is 1.60 bits per heavy atom. The maximum atomic E-state index is 5.58. The molecule has 6 nitrogen and oxygen atoms in total. The summed E-state index contributed by atoms with van der Waals surface area (Å²) in [5, 5.41) is 3.50. The van der Waals surface area contributed by atoms with Gasteiger partial charge in [0.2, 0.25) is 0 Å². The highest BCUT2D eigenvalue weighted by Gasteiger charge is 2.19. The summed E-state index contributed by atoms with van der Waals surface area (Å²) in [5.41, 5.74) is 7.77. The second-order valence-electron chi connectivity index (χ2n) is 7.65. The van der Waals surface area contributed by atoms with Gasteiger partial charge in [0.25, 0.3) is 0 Å². The van der Waals surface area contributed by atoms with Crippen LogP contribution in [0.2, 0.25) is 0 Å². The fourth-order valence-corrected chi connectivity index (χ4v) is 5.87. The SMILES string of the molecule is NCCCCc1ncc(-c2ccc(-c3ccc(-c4cnc([C@@H]5CCCN5)[nH]4)s3)s2)[nH]1. The zero-order valence-corrected chi connectivity index (χ0v) is 18.4. The van der Waals surface area contributed by atoms with Crippen LogP contribution in [0.3, 0.4) is 0 Å². The maximum Gasteiger partial charge on any atom is 0.123 e. The molecule has 4 aromatic rings. The molecule has 0 saturated carbocycles. The lowest BCUT2D eigenvalue weighted by Crippen LogP contribution is -2.14. The topological polar surface area (TPSA) is 95.4 Å². The standard InChI is InChI=1S/C22H26N6S2/c23-10-2-1-5-21-25-12-15(27-21)17-6-8-19(29-17)20-9-7-18(30-20)16-13-26-22(28-16)14-4-3-11-24-14/h6-9,12-14,24H,1-5,10-11,23H2,(H,25,27)(H,26,28)/t14-/m0/s1. The Morgan fingerprint density at radius 3 is 2.30 bits per heavy atom. The van der Waals surface area contributed by atoms with E-state index >= 15 is 0 Å². The highest BCUT2D eigenvalue weighted by atomic mass is 32.1. The fourth-order valence-electron chi connectivity index (χ4n) is 3.84. The molecule has 5 rings (SSSR count). The molecule has 0 aliphatic carbocycles. The molecule has 156 valence electrons. The van der Waals surface area contributed by atoms with E-state index in [9.17, 15) is 0 Å². The number of rotatable bonds is 8. The van der Waals surface area contributed by atoms with Crippen LogP contribution in [0, 0.1) is 0 Å². The lowest BCUT2D eigenvalue weighted by atomic mass is 10.2. The monoisotopic (exact) mass is 438 g/mol. The minimum atomic E-state index is 0.368. The second-order valence-corrected chi connectivity index (χ2v) is 9.82. The number of hydrogen-bond acceptors (Lipinski definition) is 6. The summed E-state index contributed by atoms with van der Waals surface area (Å²) >= 11 is 3.60. The Hall–Kier alpha value is -2.26. The van der Waals surface area contributed by atoms with Crippen LogP contribution in [-0.4, -0.2) is 33.0 Å². The van der Waals surface area contributed by atoms with Gasteiger partial charge in [0, 0.05) is 16.2 Å². The van der Waals surface area contributed by atoms with Crippen molar-refractivity contribution < 1.29 is 0 Å². The van der Waals surface area contributed by atoms with Gasteiger partial charge in [-0.15, -0.1) is 22.7 Å². The number of nitrogens with one attached hydrogen (secondary N) is 3. The number of nitrogens with zero attached hydrogens (tertiary/aromatic N) is 2. The first-order valence-corrected chi connectivity index (χ1v) is 12.2. The lowest BCUT2D eigenvalue weighted by molar-refractivity contribution is 0.613. The predicted molar refractivity (Wildman–Crippen MR) is 125 cm³/mol. The zero-order chi connectivity index (χ0) is 20.3. The molecule has 1 fully saturated rings. The Kier molecular flexibility index (Phi) is 5.81. The molecular formula is C22H26N6S2. The summed E-state index contributed by atoms with van der Waals surface area (Å²) in [6.07, 6.45) is 9.33. The molecule has 1 saturated heterocycles. The molecule has 0 unspecified atom stereocenters. The average Bonchev–Trinajstić information content (AvgIpc) is 3.57. The highest BCUT2D eigenvalue weighted by Crippen LogP contribution is 2.39. The third-order valence-corrected chi connectivity index (χ3v) is 7.90. The van der Waals surface area contributed by atoms with E-state index in [1.54, 1.807) is 22.7 Å². The van der Waals surface area contributed by atoms with Crippen LogP contribution < -0.4 is 11.1 Å². The molecule has 0 aromatic carbocycles. The van der Waals surface area contributed by atoms with E-state index in [1.807, 2.05) is 12.4 Å².